The normalized spacial score (nSPS) is 10.9. The second kappa shape index (κ2) is 8.77. The van der Waals surface area contributed by atoms with Crippen LogP contribution in [0.15, 0.2) is 78.9 Å². The molecule has 4 heteroatoms. The first kappa shape index (κ1) is 19.6. The van der Waals surface area contributed by atoms with Gasteiger partial charge in [0, 0.05) is 17.8 Å². The van der Waals surface area contributed by atoms with E-state index >= 15 is 0 Å². The number of benzene rings is 4. The van der Waals surface area contributed by atoms with Gasteiger partial charge in [0.1, 0.15) is 12.4 Å². The van der Waals surface area contributed by atoms with Crippen molar-refractivity contribution in [2.45, 2.75) is 20.1 Å². The largest absolute Gasteiger partial charge is 0.489 e. The topological polar surface area (TPSA) is 21.3 Å². The van der Waals surface area contributed by atoms with E-state index < -0.39 is 0 Å². The molecule has 2 nitrogen and oxygen atoms in total. The maximum absolute atomic E-state index is 6.23. The molecule has 4 rings (SSSR count). The lowest BCUT2D eigenvalue weighted by atomic mass is 10.0. The molecule has 29 heavy (non-hydrogen) atoms. The summed E-state index contributed by atoms with van der Waals surface area (Å²) in [7, 11) is 0. The molecular formula is C25H21Cl2NO. The van der Waals surface area contributed by atoms with E-state index in [0.29, 0.717) is 23.2 Å². The van der Waals surface area contributed by atoms with Gasteiger partial charge in [0.2, 0.25) is 0 Å². The number of nitrogens with one attached hydrogen (secondary N) is 1. The Morgan fingerprint density at radius 1 is 0.828 bits per heavy atom. The highest BCUT2D eigenvalue weighted by Gasteiger charge is 2.10. The van der Waals surface area contributed by atoms with Gasteiger partial charge < -0.3 is 10.1 Å². The summed E-state index contributed by atoms with van der Waals surface area (Å²) in [5.74, 6) is 0.873. The molecule has 0 aliphatic rings. The van der Waals surface area contributed by atoms with Crippen LogP contribution in [0.5, 0.6) is 5.75 Å². The van der Waals surface area contributed by atoms with Crippen molar-refractivity contribution < 1.29 is 4.74 Å². The van der Waals surface area contributed by atoms with Crippen molar-refractivity contribution in [3.63, 3.8) is 0 Å². The lowest BCUT2D eigenvalue weighted by molar-refractivity contribution is 0.304. The van der Waals surface area contributed by atoms with Gasteiger partial charge in [-0.25, -0.2) is 0 Å². The molecule has 0 saturated carbocycles. The molecule has 0 unspecified atom stereocenters. The van der Waals surface area contributed by atoms with Crippen LogP contribution in [0, 0.1) is 6.92 Å². The van der Waals surface area contributed by atoms with E-state index in [1.807, 2.05) is 24.3 Å². The van der Waals surface area contributed by atoms with Gasteiger partial charge in [-0.3, -0.25) is 0 Å². The van der Waals surface area contributed by atoms with Crippen molar-refractivity contribution in [3.8, 4) is 5.75 Å². The molecule has 0 saturated heterocycles. The Balaban J connectivity index is 1.62. The van der Waals surface area contributed by atoms with Crippen LogP contribution in [0.2, 0.25) is 10.0 Å². The Kier molecular flexibility index (Phi) is 5.94. The minimum Gasteiger partial charge on any atom is -0.489 e. The van der Waals surface area contributed by atoms with Crippen LogP contribution in [-0.2, 0) is 13.2 Å². The highest BCUT2D eigenvalue weighted by molar-refractivity contribution is 6.42. The second-order valence-corrected chi connectivity index (χ2v) is 7.84. The third kappa shape index (κ3) is 4.67. The number of rotatable bonds is 6. The highest BCUT2D eigenvalue weighted by atomic mass is 35.5. The first-order valence-corrected chi connectivity index (χ1v) is 10.2. The molecule has 4 aromatic carbocycles. The fourth-order valence-corrected chi connectivity index (χ4v) is 3.69. The van der Waals surface area contributed by atoms with Crippen LogP contribution < -0.4 is 10.1 Å². The number of hydrogen-bond acceptors (Lipinski definition) is 2. The molecule has 0 atom stereocenters. The minimum atomic E-state index is 0.528. The minimum absolute atomic E-state index is 0.528. The molecule has 0 radical (unpaired) electrons. The maximum atomic E-state index is 6.23. The number of fused-ring (bicyclic) bond motifs is 1. The Labute approximate surface area is 181 Å². The Hall–Kier alpha value is -2.68. The van der Waals surface area contributed by atoms with E-state index in [4.69, 9.17) is 27.9 Å². The van der Waals surface area contributed by atoms with E-state index in [1.54, 1.807) is 6.07 Å². The van der Waals surface area contributed by atoms with Crippen LogP contribution >= 0.6 is 23.2 Å². The summed E-state index contributed by atoms with van der Waals surface area (Å²) in [6.07, 6.45) is 0. The van der Waals surface area contributed by atoms with E-state index in [2.05, 4.69) is 60.8 Å². The van der Waals surface area contributed by atoms with Gasteiger partial charge in [-0.05, 0) is 47.5 Å². The third-order valence-electron chi connectivity index (χ3n) is 4.86. The van der Waals surface area contributed by atoms with Gasteiger partial charge >= 0.3 is 0 Å². The molecule has 0 spiro atoms. The van der Waals surface area contributed by atoms with Crippen molar-refractivity contribution in [2.24, 2.45) is 0 Å². The van der Waals surface area contributed by atoms with Crippen molar-refractivity contribution in [1.82, 2.24) is 0 Å². The summed E-state index contributed by atoms with van der Waals surface area (Å²) in [5, 5.41) is 6.87. The smallest absolute Gasteiger partial charge is 0.125 e. The van der Waals surface area contributed by atoms with E-state index in [1.165, 1.54) is 16.3 Å². The van der Waals surface area contributed by atoms with Crippen LogP contribution in [0.25, 0.3) is 10.8 Å². The second-order valence-electron chi connectivity index (χ2n) is 7.02. The fourth-order valence-electron chi connectivity index (χ4n) is 3.39. The molecular weight excluding hydrogens is 401 g/mol. The quantitative estimate of drug-likeness (QED) is 0.345. The van der Waals surface area contributed by atoms with Crippen LogP contribution in [0.3, 0.4) is 0 Å². The summed E-state index contributed by atoms with van der Waals surface area (Å²) in [6, 6.07) is 26.4. The Morgan fingerprint density at radius 2 is 1.69 bits per heavy atom. The van der Waals surface area contributed by atoms with E-state index in [-0.39, 0.29) is 0 Å². The average Bonchev–Trinajstić information content (AvgIpc) is 2.73. The van der Waals surface area contributed by atoms with E-state index in [9.17, 15) is 0 Å². The van der Waals surface area contributed by atoms with E-state index in [0.717, 1.165) is 22.6 Å². The lowest BCUT2D eigenvalue weighted by Crippen LogP contribution is -2.05. The monoisotopic (exact) mass is 421 g/mol. The van der Waals surface area contributed by atoms with Gasteiger partial charge in [-0.2, -0.15) is 0 Å². The third-order valence-corrected chi connectivity index (χ3v) is 5.60. The molecule has 0 aromatic heterocycles. The number of ether oxygens (including phenoxy) is 1. The molecule has 0 heterocycles. The molecule has 0 amide bonds. The maximum Gasteiger partial charge on any atom is 0.125 e. The zero-order valence-corrected chi connectivity index (χ0v) is 17.6. The SMILES string of the molecule is Cc1cccc(COc2ccc3ccccc3c2CNc2ccc(Cl)c(Cl)c2)c1. The summed E-state index contributed by atoms with van der Waals surface area (Å²) < 4.78 is 6.23. The Bertz CT molecular complexity index is 1160. The van der Waals surface area contributed by atoms with Gasteiger partial charge in [-0.1, -0.05) is 83.4 Å². The van der Waals surface area contributed by atoms with Crippen molar-refractivity contribution in [2.75, 3.05) is 5.32 Å². The van der Waals surface area contributed by atoms with Crippen LogP contribution in [0.1, 0.15) is 16.7 Å². The number of anilines is 1. The van der Waals surface area contributed by atoms with Crippen LogP contribution in [-0.4, -0.2) is 0 Å². The van der Waals surface area contributed by atoms with Gasteiger partial charge in [0.25, 0.3) is 0 Å². The molecule has 0 aliphatic carbocycles. The average molecular weight is 422 g/mol. The first-order chi connectivity index (χ1) is 14.1. The van der Waals surface area contributed by atoms with Crippen molar-refractivity contribution >= 4 is 39.7 Å². The molecule has 146 valence electrons. The van der Waals surface area contributed by atoms with Gasteiger partial charge in [0.15, 0.2) is 0 Å². The van der Waals surface area contributed by atoms with Gasteiger partial charge in [-0.15, -0.1) is 0 Å². The molecule has 4 aromatic rings. The highest BCUT2D eigenvalue weighted by Crippen LogP contribution is 2.31. The predicted octanol–water partition coefficient (Wildman–Crippen LogP) is 7.65. The first-order valence-electron chi connectivity index (χ1n) is 9.48. The number of aryl methyl sites for hydroxylation is 1. The van der Waals surface area contributed by atoms with Gasteiger partial charge in [0.05, 0.1) is 10.0 Å². The summed E-state index contributed by atoms with van der Waals surface area (Å²) in [4.78, 5) is 0. The predicted molar refractivity (Wildman–Crippen MR) is 123 cm³/mol. The molecule has 0 fully saturated rings. The number of halogens is 2. The standard InChI is InChI=1S/C25H21Cl2NO/c1-17-5-4-6-18(13-17)16-29-25-12-9-19-7-2-3-8-21(19)22(25)15-28-20-10-11-23(26)24(27)14-20/h2-14,28H,15-16H2,1H3. The summed E-state index contributed by atoms with van der Waals surface area (Å²) in [5.41, 5.74) is 4.41. The van der Waals surface area contributed by atoms with Crippen molar-refractivity contribution in [3.05, 3.63) is 106 Å². The van der Waals surface area contributed by atoms with Crippen molar-refractivity contribution in [1.29, 1.82) is 0 Å². The van der Waals surface area contributed by atoms with Crippen LogP contribution in [0.4, 0.5) is 5.69 Å². The Morgan fingerprint density at radius 3 is 2.52 bits per heavy atom. The molecule has 0 bridgehead atoms. The number of hydrogen-bond donors (Lipinski definition) is 1. The fraction of sp³-hybridized carbons (Fsp3) is 0.120. The molecule has 0 aliphatic heterocycles. The summed E-state index contributed by atoms with van der Waals surface area (Å²) >= 11 is 12.2. The lowest BCUT2D eigenvalue weighted by Gasteiger charge is -2.16. The molecule has 1 N–H and O–H groups in total. The summed E-state index contributed by atoms with van der Waals surface area (Å²) in [6.45, 7) is 3.23. The zero-order valence-electron chi connectivity index (χ0n) is 16.1. The zero-order chi connectivity index (χ0) is 20.2.